The average molecular weight is 901 g/mol. The molecule has 66 heavy (non-hydrogen) atoms. The third-order valence-electron chi connectivity index (χ3n) is 11.8. The second-order valence-electron chi connectivity index (χ2n) is 17.6. The van der Waals surface area contributed by atoms with Crippen molar-refractivity contribution in [2.24, 2.45) is 5.92 Å². The lowest BCUT2D eigenvalue weighted by Crippen LogP contribution is -2.53. The summed E-state index contributed by atoms with van der Waals surface area (Å²) in [5.41, 5.74) is 7.13. The van der Waals surface area contributed by atoms with E-state index >= 15 is 0 Å². The van der Waals surface area contributed by atoms with Gasteiger partial charge in [-0.25, -0.2) is 4.79 Å². The van der Waals surface area contributed by atoms with E-state index in [1.165, 1.54) is 6.92 Å². The van der Waals surface area contributed by atoms with Crippen molar-refractivity contribution in [2.75, 3.05) is 12.4 Å². The summed E-state index contributed by atoms with van der Waals surface area (Å²) in [5.74, 6) is -2.69. The van der Waals surface area contributed by atoms with Gasteiger partial charge in [-0.2, -0.15) is 0 Å². The van der Waals surface area contributed by atoms with Gasteiger partial charge in [0.05, 0.1) is 17.2 Å². The molecule has 9 nitrogen and oxygen atoms in total. The number of esters is 1. The summed E-state index contributed by atoms with van der Waals surface area (Å²) in [7, 11) is 0. The zero-order chi connectivity index (χ0) is 46.7. The largest absolute Gasteiger partial charge is 0.460 e. The number of amides is 2. The molecule has 1 aliphatic carbocycles. The van der Waals surface area contributed by atoms with E-state index in [2.05, 4.69) is 47.0 Å². The van der Waals surface area contributed by atoms with E-state index in [1.54, 1.807) is 32.5 Å². The Hall–Kier alpha value is -6.78. The minimum absolute atomic E-state index is 0.0136. The lowest BCUT2D eigenvalue weighted by molar-refractivity contribution is -0.156. The van der Waals surface area contributed by atoms with Crippen LogP contribution in [0.15, 0.2) is 170 Å². The predicted molar refractivity (Wildman–Crippen MR) is 260 cm³/mol. The SMILES string of the molecule is CC(=O)[C@H](CSC(c1ccccc1)(c1ccccc1)c1ccccc1)CC(=O)[C@H](Cc1ccccc1)NC(=O)[C@H](CC(=O)OC(C)(C)C)NC(=O)OCC1c2ccccc2-c2ccccc21. The Kier molecular flexibility index (Phi) is 15.4. The van der Waals surface area contributed by atoms with Crippen LogP contribution in [0.25, 0.3) is 11.1 Å². The second-order valence-corrected chi connectivity index (χ2v) is 18.9. The highest BCUT2D eigenvalue weighted by atomic mass is 32.2. The molecular weight excluding hydrogens is 845 g/mol. The Morgan fingerprint density at radius 3 is 1.55 bits per heavy atom. The molecule has 0 bridgehead atoms. The van der Waals surface area contributed by atoms with Crippen molar-refractivity contribution in [3.05, 3.63) is 203 Å². The van der Waals surface area contributed by atoms with Crippen molar-refractivity contribution in [2.45, 2.75) is 75.3 Å². The molecule has 0 radical (unpaired) electrons. The third kappa shape index (κ3) is 11.5. The molecular formula is C56H56N2O7S. The quantitative estimate of drug-likeness (QED) is 0.0608. The van der Waals surface area contributed by atoms with Gasteiger partial charge in [-0.05, 0) is 78.6 Å². The number of rotatable bonds is 19. The first kappa shape index (κ1) is 47.2. The number of hydrogen-bond donors (Lipinski definition) is 2. The van der Waals surface area contributed by atoms with Gasteiger partial charge in [0.2, 0.25) is 5.91 Å². The molecule has 3 atom stereocenters. The Morgan fingerprint density at radius 1 is 0.591 bits per heavy atom. The standard InChI is InChI=1S/C56H56N2O7S/c1-38(59)40(37-66-56(41-23-11-6-12-24-41,42-25-13-7-14-26-42)43-27-15-8-16-28-43)34-51(60)49(33-39-21-9-5-10-22-39)57-53(62)50(35-52(61)65-55(2,3)4)58-54(63)64-36-48-46-31-19-17-29-44(46)45-30-18-20-32-47(45)48/h5-32,40,48-50H,33-37H2,1-4H3,(H,57,62)(H,58,63)/t40-,49-,50-/m0/s1. The molecule has 0 aromatic heterocycles. The van der Waals surface area contributed by atoms with Gasteiger partial charge in [0, 0.05) is 24.0 Å². The number of ketones is 2. The summed E-state index contributed by atoms with van der Waals surface area (Å²) in [6.07, 6.45) is -1.48. The number of nitrogens with one attached hydrogen (secondary N) is 2. The first-order valence-corrected chi connectivity index (χ1v) is 23.3. The normalized spacial score (nSPS) is 13.6. The molecule has 7 rings (SSSR count). The number of alkyl carbamates (subject to hydrolysis) is 1. The van der Waals surface area contributed by atoms with Crippen LogP contribution in [0.3, 0.4) is 0 Å². The minimum Gasteiger partial charge on any atom is -0.460 e. The second kappa shape index (κ2) is 21.5. The highest BCUT2D eigenvalue weighted by molar-refractivity contribution is 8.00. The lowest BCUT2D eigenvalue weighted by Gasteiger charge is -2.36. The van der Waals surface area contributed by atoms with Crippen molar-refractivity contribution < 1.29 is 33.4 Å². The van der Waals surface area contributed by atoms with Gasteiger partial charge in [-0.1, -0.05) is 170 Å². The predicted octanol–water partition coefficient (Wildman–Crippen LogP) is 10.2. The maximum atomic E-state index is 14.7. The Balaban J connectivity index is 1.12. The van der Waals surface area contributed by atoms with Gasteiger partial charge >= 0.3 is 12.1 Å². The van der Waals surface area contributed by atoms with E-state index in [0.717, 1.165) is 44.5 Å². The molecule has 0 fully saturated rings. The summed E-state index contributed by atoms with van der Waals surface area (Å²) >= 11 is 1.59. The molecule has 1 aliphatic rings. The summed E-state index contributed by atoms with van der Waals surface area (Å²) < 4.78 is 10.6. The number of benzene rings is 6. The smallest absolute Gasteiger partial charge is 0.407 e. The monoisotopic (exact) mass is 900 g/mol. The molecule has 10 heteroatoms. The van der Waals surface area contributed by atoms with Gasteiger partial charge in [-0.3, -0.25) is 19.2 Å². The van der Waals surface area contributed by atoms with Crippen molar-refractivity contribution >= 4 is 41.3 Å². The van der Waals surface area contributed by atoms with Crippen LogP contribution in [-0.2, 0) is 39.8 Å². The topological polar surface area (TPSA) is 128 Å². The molecule has 0 spiro atoms. The zero-order valence-electron chi connectivity index (χ0n) is 37.8. The summed E-state index contributed by atoms with van der Waals surface area (Å²) in [4.78, 5) is 69.6. The molecule has 6 aromatic carbocycles. The molecule has 0 saturated heterocycles. The number of fused-ring (bicyclic) bond motifs is 3. The first-order valence-electron chi connectivity index (χ1n) is 22.3. The Bertz CT molecular complexity index is 2470. The van der Waals surface area contributed by atoms with Crippen molar-refractivity contribution in [3.63, 3.8) is 0 Å². The highest BCUT2D eigenvalue weighted by Crippen LogP contribution is 2.49. The van der Waals surface area contributed by atoms with E-state index in [9.17, 15) is 24.0 Å². The van der Waals surface area contributed by atoms with Crippen LogP contribution in [0.5, 0.6) is 0 Å². The van der Waals surface area contributed by atoms with Crippen molar-refractivity contribution in [3.8, 4) is 11.1 Å². The van der Waals surface area contributed by atoms with Gasteiger partial charge in [0.25, 0.3) is 0 Å². The van der Waals surface area contributed by atoms with Crippen molar-refractivity contribution in [1.29, 1.82) is 0 Å². The van der Waals surface area contributed by atoms with Gasteiger partial charge in [0.15, 0.2) is 5.78 Å². The van der Waals surface area contributed by atoms with E-state index in [-0.39, 0.29) is 42.7 Å². The van der Waals surface area contributed by atoms with Crippen LogP contribution in [-0.4, -0.2) is 59.6 Å². The fraction of sp³-hybridized carbons (Fsp3) is 0.268. The molecule has 0 aliphatic heterocycles. The summed E-state index contributed by atoms with van der Waals surface area (Å²) in [6, 6.07) is 53.0. The van der Waals surface area contributed by atoms with Gasteiger partial charge in [0.1, 0.15) is 24.0 Å². The van der Waals surface area contributed by atoms with Gasteiger partial charge in [-0.15, -0.1) is 11.8 Å². The number of carbonyl (C=O) groups is 5. The fourth-order valence-electron chi connectivity index (χ4n) is 8.61. The maximum Gasteiger partial charge on any atom is 0.407 e. The average Bonchev–Trinajstić information content (AvgIpc) is 3.64. The van der Waals surface area contributed by atoms with Crippen LogP contribution in [0.4, 0.5) is 4.79 Å². The van der Waals surface area contributed by atoms with Crippen molar-refractivity contribution in [1.82, 2.24) is 10.6 Å². The highest BCUT2D eigenvalue weighted by Gasteiger charge is 2.39. The van der Waals surface area contributed by atoms with E-state index < -0.39 is 52.7 Å². The number of hydrogen-bond acceptors (Lipinski definition) is 8. The third-order valence-corrected chi connectivity index (χ3v) is 13.5. The molecule has 2 amide bonds. The van der Waals surface area contributed by atoms with Crippen LogP contribution >= 0.6 is 11.8 Å². The Morgan fingerprint density at radius 2 is 1.06 bits per heavy atom. The van der Waals surface area contributed by atoms with Crippen LogP contribution in [0.1, 0.15) is 79.8 Å². The van der Waals surface area contributed by atoms with Crippen LogP contribution in [0, 0.1) is 5.92 Å². The molecule has 0 unspecified atom stereocenters. The van der Waals surface area contributed by atoms with E-state index in [1.807, 2.05) is 133 Å². The number of Topliss-reactive ketones (excluding diaryl/α,β-unsaturated/α-hetero) is 2. The van der Waals surface area contributed by atoms with E-state index in [4.69, 9.17) is 9.47 Å². The number of carbonyl (C=O) groups excluding carboxylic acids is 5. The lowest BCUT2D eigenvalue weighted by atomic mass is 9.84. The maximum absolute atomic E-state index is 14.7. The van der Waals surface area contributed by atoms with Crippen LogP contribution < -0.4 is 10.6 Å². The molecule has 338 valence electrons. The fourth-order valence-corrected chi connectivity index (χ4v) is 10.3. The number of ether oxygens (including phenoxy) is 2. The molecule has 6 aromatic rings. The minimum atomic E-state index is -1.45. The molecule has 0 saturated carbocycles. The first-order chi connectivity index (χ1) is 31.8. The van der Waals surface area contributed by atoms with Crippen LogP contribution in [0.2, 0.25) is 0 Å². The van der Waals surface area contributed by atoms with Gasteiger partial charge < -0.3 is 20.1 Å². The molecule has 0 heterocycles. The summed E-state index contributed by atoms with van der Waals surface area (Å²) in [6.45, 7) is 6.61. The zero-order valence-corrected chi connectivity index (χ0v) is 38.6. The summed E-state index contributed by atoms with van der Waals surface area (Å²) in [5, 5.41) is 5.49. The Labute approximate surface area is 391 Å². The molecule has 2 N–H and O–H groups in total. The number of thioether (sulfide) groups is 1. The van der Waals surface area contributed by atoms with E-state index in [0.29, 0.717) is 0 Å².